The fourth-order valence-corrected chi connectivity index (χ4v) is 11.7. The summed E-state index contributed by atoms with van der Waals surface area (Å²) in [5, 5.41) is 11.2. The lowest BCUT2D eigenvalue weighted by atomic mass is 9.70. The minimum absolute atomic E-state index is 0.00631. The van der Waals surface area contributed by atoms with Crippen molar-refractivity contribution >= 4 is 32.1 Å². The van der Waals surface area contributed by atoms with Gasteiger partial charge in [-0.3, -0.25) is 13.9 Å². The molecule has 0 aliphatic heterocycles. The molecule has 6 atom stereocenters. The second kappa shape index (κ2) is 8.46. The zero-order valence-corrected chi connectivity index (χ0v) is 24.0. The van der Waals surface area contributed by atoms with Gasteiger partial charge in [0.25, 0.3) is 20.2 Å². The van der Waals surface area contributed by atoms with Crippen LogP contribution < -0.4 is 0 Å². The lowest BCUT2D eigenvalue weighted by Crippen LogP contribution is -2.44. The molecule has 0 radical (unpaired) electrons. The Balaban J connectivity index is 1.37. The van der Waals surface area contributed by atoms with Crippen LogP contribution in [-0.2, 0) is 31.5 Å². The van der Waals surface area contributed by atoms with Crippen molar-refractivity contribution in [1.82, 2.24) is 0 Å². The molecule has 1 aromatic carbocycles. The van der Waals surface area contributed by atoms with Crippen molar-refractivity contribution in [3.05, 3.63) is 41.0 Å². The molecule has 4 aliphatic carbocycles. The van der Waals surface area contributed by atoms with E-state index in [0.717, 1.165) is 29.5 Å². The minimum Gasteiger partial charge on any atom is -0.388 e. The molecule has 4 saturated carbocycles. The fourth-order valence-electron chi connectivity index (χ4n) is 9.05. The summed E-state index contributed by atoms with van der Waals surface area (Å²) in [4.78, 5) is 13.5. The van der Waals surface area contributed by atoms with E-state index in [2.05, 4.69) is 0 Å². The van der Waals surface area contributed by atoms with Crippen LogP contribution in [0.4, 0.5) is 0 Å². The number of fused-ring (bicyclic) bond motifs is 4. The fraction of sp³-hybridized carbons (Fsp3) is 0.679. The van der Waals surface area contributed by atoms with Crippen molar-refractivity contribution in [2.24, 2.45) is 39.4 Å². The van der Waals surface area contributed by atoms with Crippen LogP contribution in [-0.4, -0.2) is 54.4 Å². The predicted molar refractivity (Wildman–Crippen MR) is 143 cm³/mol. The quantitative estimate of drug-likeness (QED) is 0.423. The molecule has 38 heavy (non-hydrogen) atoms. The third-order valence-corrected chi connectivity index (χ3v) is 13.0. The van der Waals surface area contributed by atoms with Crippen molar-refractivity contribution in [2.45, 2.75) is 65.9 Å². The summed E-state index contributed by atoms with van der Waals surface area (Å²) >= 11 is 0. The molecule has 4 bridgehead atoms. The van der Waals surface area contributed by atoms with E-state index in [1.165, 1.54) is 0 Å². The van der Waals surface area contributed by atoms with E-state index in [9.17, 15) is 35.8 Å². The molecule has 10 heteroatoms. The standard InChI is InChI=1S/C28H38O8S2/c1-25(2)21-9-11-27(25,15-37(31,32)33)23(29)19(21)13-17-5-7-18(8-6-17)14-20-22-10-12-28(24(20)30,26(22,3)4)16-38(34,35)36/h5-8,13,20-23,29H,9-12,14-16H2,1-4H3,(H,31,32,33)(H,34,35,36)/b19-13+. The summed E-state index contributed by atoms with van der Waals surface area (Å²) in [6, 6.07) is 7.71. The Labute approximate surface area is 225 Å². The number of carbonyl (C=O) groups excluding carboxylic acids is 1. The van der Waals surface area contributed by atoms with Gasteiger partial charge in [-0.05, 0) is 71.5 Å². The number of benzene rings is 1. The van der Waals surface area contributed by atoms with E-state index in [1.54, 1.807) is 0 Å². The van der Waals surface area contributed by atoms with Gasteiger partial charge in [0, 0.05) is 11.3 Å². The van der Waals surface area contributed by atoms with Crippen LogP contribution in [0.15, 0.2) is 29.8 Å². The van der Waals surface area contributed by atoms with Gasteiger partial charge in [-0.15, -0.1) is 0 Å². The van der Waals surface area contributed by atoms with Crippen LogP contribution in [0.1, 0.15) is 64.5 Å². The normalized spacial score (nSPS) is 38.4. The third-order valence-electron chi connectivity index (χ3n) is 11.2. The molecule has 5 rings (SSSR count). The molecule has 0 amide bonds. The van der Waals surface area contributed by atoms with E-state index in [4.69, 9.17) is 0 Å². The Morgan fingerprint density at radius 3 is 2.08 bits per heavy atom. The Bertz CT molecular complexity index is 1410. The SMILES string of the molecule is CC1(C)C2CCC1(CS(=O)(=O)O)C(=O)C2Cc1ccc(/C=C2\C3CCC(CS(=O)(=O)O)(C2O)C3(C)C)cc1. The molecule has 6 unspecified atom stereocenters. The molecule has 0 heterocycles. The first-order valence-corrected chi connectivity index (χ1v) is 16.5. The highest BCUT2D eigenvalue weighted by Gasteiger charge is 2.69. The molecule has 0 saturated heterocycles. The van der Waals surface area contributed by atoms with Gasteiger partial charge in [0.15, 0.2) is 0 Å². The molecule has 4 fully saturated rings. The number of hydrogen-bond donors (Lipinski definition) is 3. The monoisotopic (exact) mass is 566 g/mol. The largest absolute Gasteiger partial charge is 0.388 e. The molecule has 1 aromatic rings. The average Bonchev–Trinajstić information content (AvgIpc) is 3.27. The smallest absolute Gasteiger partial charge is 0.265 e. The number of rotatable bonds is 7. The van der Waals surface area contributed by atoms with E-state index in [-0.39, 0.29) is 23.5 Å². The maximum Gasteiger partial charge on any atom is 0.265 e. The van der Waals surface area contributed by atoms with Gasteiger partial charge in [0.1, 0.15) is 5.78 Å². The average molecular weight is 567 g/mol. The van der Waals surface area contributed by atoms with Gasteiger partial charge in [-0.25, -0.2) is 0 Å². The van der Waals surface area contributed by atoms with Crippen molar-refractivity contribution in [1.29, 1.82) is 0 Å². The predicted octanol–water partition coefficient (Wildman–Crippen LogP) is 3.81. The molecular formula is C28H38O8S2. The van der Waals surface area contributed by atoms with E-state index < -0.39 is 59.5 Å². The number of aliphatic hydroxyl groups excluding tert-OH is 1. The van der Waals surface area contributed by atoms with Gasteiger partial charge < -0.3 is 5.11 Å². The van der Waals surface area contributed by atoms with Gasteiger partial charge >= 0.3 is 0 Å². The zero-order chi connectivity index (χ0) is 28.1. The third kappa shape index (κ3) is 3.97. The van der Waals surface area contributed by atoms with Gasteiger partial charge in [0.2, 0.25) is 0 Å². The summed E-state index contributed by atoms with van der Waals surface area (Å²) in [5.41, 5.74) is -0.385. The summed E-state index contributed by atoms with van der Waals surface area (Å²) < 4.78 is 66.4. The molecule has 3 N–H and O–H groups in total. The molecular weight excluding hydrogens is 528 g/mol. The first kappa shape index (κ1) is 28.0. The van der Waals surface area contributed by atoms with E-state index in [1.807, 2.05) is 58.0 Å². The summed E-state index contributed by atoms with van der Waals surface area (Å²) in [6.45, 7) is 7.82. The molecule has 0 spiro atoms. The molecule has 210 valence electrons. The highest BCUT2D eigenvalue weighted by atomic mass is 32.2. The van der Waals surface area contributed by atoms with Crippen molar-refractivity contribution < 1.29 is 35.8 Å². The Morgan fingerprint density at radius 1 is 0.895 bits per heavy atom. The van der Waals surface area contributed by atoms with Gasteiger partial charge in [0.05, 0.1) is 23.0 Å². The highest BCUT2D eigenvalue weighted by molar-refractivity contribution is 7.86. The second-order valence-corrected chi connectivity index (χ2v) is 16.2. The number of hydrogen-bond acceptors (Lipinski definition) is 6. The number of ketones is 1. The lowest BCUT2D eigenvalue weighted by Gasteiger charge is -2.39. The van der Waals surface area contributed by atoms with Crippen LogP contribution in [0.2, 0.25) is 0 Å². The zero-order valence-electron chi connectivity index (χ0n) is 22.3. The topological polar surface area (TPSA) is 146 Å². The van der Waals surface area contributed by atoms with Gasteiger partial charge in [-0.2, -0.15) is 16.8 Å². The molecule has 4 aliphatic rings. The summed E-state index contributed by atoms with van der Waals surface area (Å²) in [5.74, 6) is -1.31. The first-order valence-electron chi connectivity index (χ1n) is 13.3. The molecule has 8 nitrogen and oxygen atoms in total. The maximum absolute atomic E-state index is 13.5. The van der Waals surface area contributed by atoms with Crippen LogP contribution >= 0.6 is 0 Å². The number of aliphatic hydroxyl groups is 1. The summed E-state index contributed by atoms with van der Waals surface area (Å²) in [7, 11) is -8.56. The maximum atomic E-state index is 13.5. The Hall–Kier alpha value is -1.59. The van der Waals surface area contributed by atoms with E-state index in [0.29, 0.717) is 19.3 Å². The second-order valence-electron chi connectivity index (χ2n) is 13.3. The van der Waals surface area contributed by atoms with Crippen LogP contribution in [0.3, 0.4) is 0 Å². The van der Waals surface area contributed by atoms with Crippen molar-refractivity contribution in [2.75, 3.05) is 11.5 Å². The number of carbonyl (C=O) groups is 1. The van der Waals surface area contributed by atoms with E-state index >= 15 is 0 Å². The summed E-state index contributed by atoms with van der Waals surface area (Å²) in [6.07, 6.45) is 3.95. The van der Waals surface area contributed by atoms with Crippen LogP contribution in [0, 0.1) is 39.4 Å². The first-order chi connectivity index (χ1) is 17.3. The van der Waals surface area contributed by atoms with Crippen molar-refractivity contribution in [3.8, 4) is 0 Å². The highest BCUT2D eigenvalue weighted by Crippen LogP contribution is 2.69. The Kier molecular flexibility index (Phi) is 6.22. The number of Topliss-reactive ketones (excluding diaryl/α,β-unsaturated/α-hetero) is 1. The van der Waals surface area contributed by atoms with Crippen LogP contribution in [0.25, 0.3) is 6.08 Å². The van der Waals surface area contributed by atoms with Crippen LogP contribution in [0.5, 0.6) is 0 Å². The van der Waals surface area contributed by atoms with Crippen molar-refractivity contribution in [3.63, 3.8) is 0 Å². The lowest BCUT2D eigenvalue weighted by molar-refractivity contribution is -0.131. The van der Waals surface area contributed by atoms with Gasteiger partial charge in [-0.1, -0.05) is 58.0 Å². The molecule has 0 aromatic heterocycles. The minimum atomic E-state index is -4.30. The Morgan fingerprint density at radius 2 is 1.50 bits per heavy atom.